The highest BCUT2D eigenvalue weighted by Gasteiger charge is 2.40. The molecule has 3 unspecified atom stereocenters. The number of nitrogens with two attached hydrogens (primary N) is 1. The minimum absolute atomic E-state index is 0.0242. The van der Waals surface area contributed by atoms with Crippen LogP contribution in [0.4, 0.5) is 0 Å². The van der Waals surface area contributed by atoms with Crippen molar-refractivity contribution in [2.45, 2.75) is 38.5 Å². The summed E-state index contributed by atoms with van der Waals surface area (Å²) in [6, 6.07) is 3.45. The lowest BCUT2D eigenvalue weighted by Crippen LogP contribution is -2.64. The van der Waals surface area contributed by atoms with Crippen molar-refractivity contribution >= 4 is 5.91 Å². The van der Waals surface area contributed by atoms with E-state index in [1.807, 2.05) is 19.9 Å². The van der Waals surface area contributed by atoms with Crippen molar-refractivity contribution in [3.05, 3.63) is 29.6 Å². The number of pyridine rings is 1. The van der Waals surface area contributed by atoms with Gasteiger partial charge < -0.3 is 15.8 Å². The van der Waals surface area contributed by atoms with E-state index in [2.05, 4.69) is 10.3 Å². The van der Waals surface area contributed by atoms with Crippen LogP contribution in [-0.4, -0.2) is 35.7 Å². The smallest absolute Gasteiger partial charge is 0.253 e. The van der Waals surface area contributed by atoms with Crippen LogP contribution in [-0.2, 0) is 4.74 Å². The molecule has 1 aromatic rings. The van der Waals surface area contributed by atoms with Gasteiger partial charge in [-0.15, -0.1) is 0 Å². The van der Waals surface area contributed by atoms with Gasteiger partial charge in [-0.1, -0.05) is 0 Å². The van der Waals surface area contributed by atoms with E-state index in [1.165, 1.54) is 0 Å². The fraction of sp³-hybridized carbons (Fsp3) is 0.538. The summed E-state index contributed by atoms with van der Waals surface area (Å²) in [5.41, 5.74) is 7.32. The van der Waals surface area contributed by atoms with Gasteiger partial charge in [0.05, 0.1) is 17.7 Å². The van der Waals surface area contributed by atoms with Gasteiger partial charge in [-0.3, -0.25) is 9.78 Å². The number of nitrogens with one attached hydrogen (secondary N) is 1. The molecule has 18 heavy (non-hydrogen) atoms. The summed E-state index contributed by atoms with van der Waals surface area (Å²) in [4.78, 5) is 16.1. The average Bonchev–Trinajstić information content (AvgIpc) is 2.36. The molecule has 3 atom stereocenters. The number of hydrogen-bond acceptors (Lipinski definition) is 4. The van der Waals surface area contributed by atoms with E-state index >= 15 is 0 Å². The second kappa shape index (κ2) is 5.46. The van der Waals surface area contributed by atoms with Crippen LogP contribution in [0.1, 0.15) is 29.4 Å². The van der Waals surface area contributed by atoms with E-state index in [-0.39, 0.29) is 24.1 Å². The average molecular weight is 249 g/mol. The SMILES string of the molecule is CCOC1CC(N)C1NC(=O)c1ccc(C)nc1. The third kappa shape index (κ3) is 2.68. The molecule has 5 nitrogen and oxygen atoms in total. The first-order valence-electron chi connectivity index (χ1n) is 6.22. The molecule has 1 aliphatic carbocycles. The topological polar surface area (TPSA) is 77.2 Å². The Balaban J connectivity index is 1.96. The zero-order valence-electron chi connectivity index (χ0n) is 10.7. The number of carbonyl (C=O) groups excluding carboxylic acids is 1. The normalized spacial score (nSPS) is 26.5. The molecule has 1 aromatic heterocycles. The maximum Gasteiger partial charge on any atom is 0.253 e. The first kappa shape index (κ1) is 13.0. The lowest BCUT2D eigenvalue weighted by molar-refractivity contribution is -0.0300. The van der Waals surface area contributed by atoms with Gasteiger partial charge in [-0.05, 0) is 32.4 Å². The van der Waals surface area contributed by atoms with Gasteiger partial charge in [0.15, 0.2) is 0 Å². The van der Waals surface area contributed by atoms with Crippen LogP contribution in [0.25, 0.3) is 0 Å². The Morgan fingerprint density at radius 3 is 2.94 bits per heavy atom. The van der Waals surface area contributed by atoms with E-state index in [0.29, 0.717) is 12.2 Å². The van der Waals surface area contributed by atoms with Crippen molar-refractivity contribution in [1.29, 1.82) is 0 Å². The van der Waals surface area contributed by atoms with Crippen LogP contribution < -0.4 is 11.1 Å². The van der Waals surface area contributed by atoms with E-state index < -0.39 is 0 Å². The lowest BCUT2D eigenvalue weighted by atomic mass is 9.83. The summed E-state index contributed by atoms with van der Waals surface area (Å²) in [7, 11) is 0. The van der Waals surface area contributed by atoms with Crippen LogP contribution >= 0.6 is 0 Å². The largest absolute Gasteiger partial charge is 0.376 e. The van der Waals surface area contributed by atoms with Crippen LogP contribution in [0, 0.1) is 6.92 Å². The van der Waals surface area contributed by atoms with Gasteiger partial charge in [0.2, 0.25) is 0 Å². The number of hydrogen-bond donors (Lipinski definition) is 2. The van der Waals surface area contributed by atoms with Crippen molar-refractivity contribution < 1.29 is 9.53 Å². The number of nitrogens with zero attached hydrogens (tertiary/aromatic N) is 1. The van der Waals surface area contributed by atoms with E-state index in [0.717, 1.165) is 12.1 Å². The minimum atomic E-state index is -0.146. The number of ether oxygens (including phenoxy) is 1. The number of aromatic nitrogens is 1. The molecule has 1 heterocycles. The standard InChI is InChI=1S/C13H19N3O2/c1-3-18-11-6-10(14)12(11)16-13(17)9-5-4-8(2)15-7-9/h4-5,7,10-12H,3,6,14H2,1-2H3,(H,16,17). The molecule has 5 heteroatoms. The Hall–Kier alpha value is -1.46. The van der Waals surface area contributed by atoms with Crippen LogP contribution in [0.2, 0.25) is 0 Å². The number of amides is 1. The zero-order chi connectivity index (χ0) is 13.1. The van der Waals surface area contributed by atoms with Crippen LogP contribution in [0.15, 0.2) is 18.3 Å². The molecule has 0 radical (unpaired) electrons. The quantitative estimate of drug-likeness (QED) is 0.820. The van der Waals surface area contributed by atoms with Crippen LogP contribution in [0.3, 0.4) is 0 Å². The van der Waals surface area contributed by atoms with Crippen molar-refractivity contribution in [2.24, 2.45) is 5.73 Å². The highest BCUT2D eigenvalue weighted by molar-refractivity contribution is 5.94. The van der Waals surface area contributed by atoms with Gasteiger partial charge in [0.1, 0.15) is 0 Å². The summed E-state index contributed by atoms with van der Waals surface area (Å²) in [6.07, 6.45) is 2.41. The number of carbonyl (C=O) groups is 1. The highest BCUT2D eigenvalue weighted by Crippen LogP contribution is 2.22. The summed E-state index contributed by atoms with van der Waals surface area (Å²) < 4.78 is 5.51. The molecule has 2 rings (SSSR count). The molecule has 0 aliphatic heterocycles. The highest BCUT2D eigenvalue weighted by atomic mass is 16.5. The maximum absolute atomic E-state index is 12.0. The summed E-state index contributed by atoms with van der Waals surface area (Å²) >= 11 is 0. The third-order valence-corrected chi connectivity index (χ3v) is 3.22. The molecule has 0 aromatic carbocycles. The van der Waals surface area contributed by atoms with Crippen molar-refractivity contribution in [3.63, 3.8) is 0 Å². The van der Waals surface area contributed by atoms with Gasteiger partial charge in [-0.2, -0.15) is 0 Å². The van der Waals surface area contributed by atoms with E-state index in [1.54, 1.807) is 12.3 Å². The van der Waals surface area contributed by atoms with Gasteiger partial charge >= 0.3 is 0 Å². The molecule has 1 fully saturated rings. The maximum atomic E-state index is 12.0. The van der Waals surface area contributed by atoms with E-state index in [9.17, 15) is 4.79 Å². The molecular weight excluding hydrogens is 230 g/mol. The lowest BCUT2D eigenvalue weighted by Gasteiger charge is -2.42. The minimum Gasteiger partial charge on any atom is -0.376 e. The molecule has 0 saturated heterocycles. The van der Waals surface area contributed by atoms with Gasteiger partial charge in [0, 0.05) is 24.5 Å². The molecule has 1 saturated carbocycles. The molecule has 1 amide bonds. The van der Waals surface area contributed by atoms with Crippen molar-refractivity contribution in [1.82, 2.24) is 10.3 Å². The predicted octanol–water partition coefficient (Wildman–Crippen LogP) is 0.625. The monoisotopic (exact) mass is 249 g/mol. The molecule has 98 valence electrons. The van der Waals surface area contributed by atoms with Crippen molar-refractivity contribution in [3.8, 4) is 0 Å². The molecule has 0 bridgehead atoms. The molecular formula is C13H19N3O2. The molecule has 3 N–H and O–H groups in total. The fourth-order valence-electron chi connectivity index (χ4n) is 2.06. The van der Waals surface area contributed by atoms with Gasteiger partial charge in [-0.25, -0.2) is 0 Å². The number of aryl methyl sites for hydroxylation is 1. The Bertz CT molecular complexity index is 417. The zero-order valence-corrected chi connectivity index (χ0v) is 10.7. The summed E-state index contributed by atoms with van der Waals surface area (Å²) in [5.74, 6) is -0.146. The van der Waals surface area contributed by atoms with Gasteiger partial charge in [0.25, 0.3) is 5.91 Å². The Morgan fingerprint density at radius 2 is 2.39 bits per heavy atom. The van der Waals surface area contributed by atoms with E-state index in [4.69, 9.17) is 10.5 Å². The summed E-state index contributed by atoms with van der Waals surface area (Å²) in [5, 5.41) is 2.91. The Morgan fingerprint density at radius 1 is 1.61 bits per heavy atom. The summed E-state index contributed by atoms with van der Waals surface area (Å²) in [6.45, 7) is 4.46. The molecule has 1 aliphatic rings. The first-order chi connectivity index (χ1) is 8.61. The predicted molar refractivity (Wildman–Crippen MR) is 68.2 cm³/mol. The second-order valence-electron chi connectivity index (χ2n) is 4.58. The fourth-order valence-corrected chi connectivity index (χ4v) is 2.06. The second-order valence-corrected chi connectivity index (χ2v) is 4.58. The Labute approximate surface area is 107 Å². The third-order valence-electron chi connectivity index (χ3n) is 3.22. The number of rotatable bonds is 4. The Kier molecular flexibility index (Phi) is 3.93. The first-order valence-corrected chi connectivity index (χ1v) is 6.22. The molecule has 0 spiro atoms. The van der Waals surface area contributed by atoms with Crippen LogP contribution in [0.5, 0.6) is 0 Å². The van der Waals surface area contributed by atoms with Crippen molar-refractivity contribution in [2.75, 3.05) is 6.61 Å².